The molecule has 0 spiro atoms. The Kier molecular flexibility index (Phi) is 4.75. The van der Waals surface area contributed by atoms with Gasteiger partial charge in [-0.2, -0.15) is 0 Å². The lowest BCUT2D eigenvalue weighted by molar-refractivity contribution is -0.133. The summed E-state index contributed by atoms with van der Waals surface area (Å²) in [5.74, 6) is 5.75. The summed E-state index contributed by atoms with van der Waals surface area (Å²) in [4.78, 5) is 16.0. The molecule has 6 rings (SSSR count). The van der Waals surface area contributed by atoms with Crippen LogP contribution in [0.1, 0.15) is 90.9 Å². The molecule has 3 nitrogen and oxygen atoms in total. The summed E-state index contributed by atoms with van der Waals surface area (Å²) in [5.41, 5.74) is 0.00669. The van der Waals surface area contributed by atoms with Crippen molar-refractivity contribution in [1.29, 1.82) is 0 Å². The van der Waals surface area contributed by atoms with Crippen LogP contribution in [-0.4, -0.2) is 40.5 Å². The molecule has 5 aliphatic carbocycles. The van der Waals surface area contributed by atoms with E-state index in [2.05, 4.69) is 18.7 Å². The first-order valence-corrected chi connectivity index (χ1v) is 13.4. The quantitative estimate of drug-likeness (QED) is 0.703. The number of nitrogens with zero attached hydrogens (tertiary/aromatic N) is 1. The largest absolute Gasteiger partial charge is 0.390 e. The molecule has 30 heavy (non-hydrogen) atoms. The maximum atomic E-state index is 13.5. The molecule has 1 aliphatic heterocycles. The van der Waals surface area contributed by atoms with Gasteiger partial charge in [0.1, 0.15) is 5.78 Å². The molecule has 0 amide bonds. The average Bonchev–Trinajstić information content (AvgIpc) is 3.30. The van der Waals surface area contributed by atoms with Gasteiger partial charge in [-0.05, 0) is 125 Å². The molecular weight excluding hydrogens is 370 g/mol. The van der Waals surface area contributed by atoms with Gasteiger partial charge in [0, 0.05) is 12.0 Å². The lowest BCUT2D eigenvalue weighted by Gasteiger charge is -2.56. The van der Waals surface area contributed by atoms with Crippen LogP contribution in [0.3, 0.4) is 0 Å². The number of carbonyl (C=O) groups excluding carboxylic acids is 1. The summed E-state index contributed by atoms with van der Waals surface area (Å²) < 4.78 is 0. The fraction of sp³-hybridized carbons (Fsp3) is 0.963. The van der Waals surface area contributed by atoms with E-state index in [0.717, 1.165) is 55.4 Å². The number of fused-ring (bicyclic) bond motifs is 7. The topological polar surface area (TPSA) is 40.5 Å². The van der Waals surface area contributed by atoms with Gasteiger partial charge in [0.15, 0.2) is 0 Å². The van der Waals surface area contributed by atoms with Gasteiger partial charge in [0.25, 0.3) is 0 Å². The number of carbonyl (C=O) groups is 1. The number of aliphatic hydroxyl groups is 1. The Labute approximate surface area is 183 Å². The molecule has 168 valence electrons. The van der Waals surface area contributed by atoms with Crippen molar-refractivity contribution in [3.8, 4) is 0 Å². The predicted octanol–water partition coefficient (Wildman–Crippen LogP) is 5.06. The van der Waals surface area contributed by atoms with Crippen molar-refractivity contribution in [3.63, 3.8) is 0 Å². The maximum Gasteiger partial charge on any atom is 0.150 e. The fourth-order valence-corrected chi connectivity index (χ4v) is 9.92. The van der Waals surface area contributed by atoms with Crippen molar-refractivity contribution in [3.05, 3.63) is 0 Å². The first-order chi connectivity index (χ1) is 14.4. The third-order valence-corrected chi connectivity index (χ3v) is 11.6. The monoisotopic (exact) mass is 413 g/mol. The number of Topliss-reactive ketones (excluding diaryl/α,β-unsaturated/α-hetero) is 1. The summed E-state index contributed by atoms with van der Waals surface area (Å²) in [6.45, 7) is 6.67. The minimum absolute atomic E-state index is 0.256. The van der Waals surface area contributed by atoms with Crippen molar-refractivity contribution in [1.82, 2.24) is 4.90 Å². The minimum atomic E-state index is -0.256. The van der Waals surface area contributed by atoms with Crippen molar-refractivity contribution < 1.29 is 9.90 Å². The molecule has 0 bridgehead atoms. The maximum absolute atomic E-state index is 13.5. The summed E-state index contributed by atoms with van der Waals surface area (Å²) in [5, 5.41) is 10.7. The first kappa shape index (κ1) is 20.2. The lowest BCUT2D eigenvalue weighted by atomic mass is 9.49. The first-order valence-electron chi connectivity index (χ1n) is 13.4. The fourth-order valence-electron chi connectivity index (χ4n) is 9.92. The highest BCUT2D eigenvalue weighted by Gasteiger charge is 2.65. The molecule has 0 aromatic heterocycles. The number of piperidine rings is 1. The van der Waals surface area contributed by atoms with Crippen LogP contribution in [0.5, 0.6) is 0 Å². The van der Waals surface area contributed by atoms with Crippen molar-refractivity contribution in [2.75, 3.05) is 13.1 Å². The predicted molar refractivity (Wildman–Crippen MR) is 119 cm³/mol. The zero-order valence-corrected chi connectivity index (χ0v) is 19.3. The highest BCUT2D eigenvalue weighted by molar-refractivity contribution is 5.84. The Morgan fingerprint density at radius 2 is 1.63 bits per heavy atom. The van der Waals surface area contributed by atoms with E-state index in [1.165, 1.54) is 57.8 Å². The second kappa shape index (κ2) is 7.04. The van der Waals surface area contributed by atoms with Crippen LogP contribution >= 0.6 is 0 Å². The zero-order chi connectivity index (χ0) is 20.7. The summed E-state index contributed by atoms with van der Waals surface area (Å²) in [6, 6.07) is 0.589. The molecule has 1 heterocycles. The molecule has 0 aromatic rings. The van der Waals surface area contributed by atoms with Gasteiger partial charge in [-0.15, -0.1) is 0 Å². The second-order valence-electron chi connectivity index (χ2n) is 12.7. The van der Waals surface area contributed by atoms with Crippen LogP contribution in [0, 0.1) is 46.8 Å². The van der Waals surface area contributed by atoms with Crippen molar-refractivity contribution in [2.45, 2.75) is 103 Å². The number of hydrogen-bond donors (Lipinski definition) is 1. The third-order valence-electron chi connectivity index (χ3n) is 11.6. The van der Waals surface area contributed by atoms with Crippen LogP contribution in [0.2, 0.25) is 0 Å². The molecule has 5 saturated carbocycles. The van der Waals surface area contributed by atoms with E-state index in [4.69, 9.17) is 0 Å². The van der Waals surface area contributed by atoms with E-state index in [-0.39, 0.29) is 11.0 Å². The van der Waals surface area contributed by atoms with Crippen LogP contribution in [0.15, 0.2) is 0 Å². The Balaban J connectivity index is 1.16. The second-order valence-corrected chi connectivity index (χ2v) is 12.7. The zero-order valence-electron chi connectivity index (χ0n) is 19.3. The third kappa shape index (κ3) is 2.93. The van der Waals surface area contributed by atoms with Crippen LogP contribution in [-0.2, 0) is 4.79 Å². The smallest absolute Gasteiger partial charge is 0.150 e. The summed E-state index contributed by atoms with van der Waals surface area (Å²) in [6.07, 6.45) is 15.1. The summed E-state index contributed by atoms with van der Waals surface area (Å²) >= 11 is 0. The Bertz CT molecular complexity index is 707. The highest BCUT2D eigenvalue weighted by Crippen LogP contribution is 2.68. The van der Waals surface area contributed by atoms with E-state index in [0.29, 0.717) is 30.2 Å². The van der Waals surface area contributed by atoms with Gasteiger partial charge in [-0.25, -0.2) is 0 Å². The molecule has 1 N–H and O–H groups in total. The molecule has 10 unspecified atom stereocenters. The normalized spacial score (nSPS) is 55.2. The Hall–Kier alpha value is -0.410. The van der Waals surface area contributed by atoms with E-state index in [1.54, 1.807) is 0 Å². The standard InChI is InChI=1S/C27H43NO2/c1-17-5-3-4-14-28(17)16-25(29)23-9-8-22-20-6-7-21-19(11-13-27(30)15-24(21)27)18(20)10-12-26(22,23)2/h17-24,30H,3-16H2,1-2H3. The van der Waals surface area contributed by atoms with Crippen molar-refractivity contribution in [2.24, 2.45) is 46.8 Å². The summed E-state index contributed by atoms with van der Waals surface area (Å²) in [7, 11) is 0. The van der Waals surface area contributed by atoms with Crippen LogP contribution in [0.25, 0.3) is 0 Å². The van der Waals surface area contributed by atoms with Crippen molar-refractivity contribution >= 4 is 5.78 Å². The van der Waals surface area contributed by atoms with E-state index in [1.807, 2.05) is 0 Å². The van der Waals surface area contributed by atoms with Gasteiger partial charge < -0.3 is 5.11 Å². The molecule has 3 heteroatoms. The lowest BCUT2D eigenvalue weighted by Crippen LogP contribution is -2.51. The highest BCUT2D eigenvalue weighted by atomic mass is 16.3. The number of likely N-dealkylation sites (tertiary alicyclic amines) is 1. The average molecular weight is 414 g/mol. The van der Waals surface area contributed by atoms with E-state index in [9.17, 15) is 9.90 Å². The van der Waals surface area contributed by atoms with Gasteiger partial charge in [0.2, 0.25) is 0 Å². The molecule has 1 saturated heterocycles. The molecule has 0 radical (unpaired) electrons. The van der Waals surface area contributed by atoms with Gasteiger partial charge in [-0.3, -0.25) is 9.69 Å². The number of rotatable bonds is 3. The number of ketones is 1. The van der Waals surface area contributed by atoms with Gasteiger partial charge >= 0.3 is 0 Å². The van der Waals surface area contributed by atoms with Gasteiger partial charge in [0.05, 0.1) is 12.1 Å². The van der Waals surface area contributed by atoms with E-state index < -0.39 is 0 Å². The molecule has 6 aliphatic rings. The minimum Gasteiger partial charge on any atom is -0.390 e. The molecule has 10 atom stereocenters. The van der Waals surface area contributed by atoms with Crippen LogP contribution in [0.4, 0.5) is 0 Å². The molecular formula is C27H43NO2. The molecule has 0 aromatic carbocycles. The van der Waals surface area contributed by atoms with E-state index >= 15 is 0 Å². The Morgan fingerprint density at radius 3 is 2.40 bits per heavy atom. The number of hydrogen-bond acceptors (Lipinski definition) is 3. The Morgan fingerprint density at radius 1 is 0.900 bits per heavy atom. The molecule has 6 fully saturated rings. The SMILES string of the molecule is CC1CCCCN1CC(=O)C1CCC2C3CCC4C(CCC5(O)CC45)C3CCC12C. The van der Waals surface area contributed by atoms with Gasteiger partial charge in [-0.1, -0.05) is 13.3 Å². The van der Waals surface area contributed by atoms with Crippen LogP contribution < -0.4 is 0 Å².